The van der Waals surface area contributed by atoms with Crippen molar-refractivity contribution in [1.82, 2.24) is 4.98 Å². The van der Waals surface area contributed by atoms with Crippen LogP contribution in [0.1, 0.15) is 44.0 Å². The predicted molar refractivity (Wildman–Crippen MR) is 66.4 cm³/mol. The van der Waals surface area contributed by atoms with Crippen LogP contribution in [0.25, 0.3) is 0 Å². The Labute approximate surface area is 97.5 Å². The van der Waals surface area contributed by atoms with Crippen molar-refractivity contribution in [1.29, 1.82) is 5.26 Å². The fourth-order valence-electron chi connectivity index (χ4n) is 1.48. The van der Waals surface area contributed by atoms with E-state index in [-0.39, 0.29) is 5.54 Å². The molecule has 0 saturated heterocycles. The van der Waals surface area contributed by atoms with Crippen molar-refractivity contribution in [2.45, 2.75) is 46.6 Å². The van der Waals surface area contributed by atoms with Gasteiger partial charge in [-0.15, -0.1) is 0 Å². The van der Waals surface area contributed by atoms with Crippen LogP contribution in [0.15, 0.2) is 6.07 Å². The quantitative estimate of drug-likeness (QED) is 0.846. The standard InChI is InChI=1S/C13H19N3/c1-6-13(4,5)16-12-11(8-14)9(2)7-10(3)15-12/h7H,6H2,1-5H3,(H,15,16). The molecule has 86 valence electrons. The second kappa shape index (κ2) is 4.52. The summed E-state index contributed by atoms with van der Waals surface area (Å²) in [5, 5.41) is 12.5. The van der Waals surface area contributed by atoms with Crippen molar-refractivity contribution in [3.63, 3.8) is 0 Å². The molecule has 3 nitrogen and oxygen atoms in total. The zero-order valence-electron chi connectivity index (χ0n) is 10.7. The van der Waals surface area contributed by atoms with Crippen LogP contribution in [0.5, 0.6) is 0 Å². The lowest BCUT2D eigenvalue weighted by Gasteiger charge is -2.26. The molecule has 1 heterocycles. The average molecular weight is 217 g/mol. The molecule has 1 rings (SSSR count). The molecule has 0 aromatic carbocycles. The highest BCUT2D eigenvalue weighted by molar-refractivity contribution is 5.57. The third-order valence-corrected chi connectivity index (χ3v) is 2.80. The molecule has 0 spiro atoms. The summed E-state index contributed by atoms with van der Waals surface area (Å²) in [4.78, 5) is 4.40. The van der Waals surface area contributed by atoms with E-state index in [1.54, 1.807) is 0 Å². The van der Waals surface area contributed by atoms with Crippen molar-refractivity contribution in [3.05, 3.63) is 22.9 Å². The third-order valence-electron chi connectivity index (χ3n) is 2.80. The van der Waals surface area contributed by atoms with Crippen molar-refractivity contribution >= 4 is 5.82 Å². The number of nitriles is 1. The van der Waals surface area contributed by atoms with E-state index in [1.807, 2.05) is 19.9 Å². The van der Waals surface area contributed by atoms with Gasteiger partial charge in [0.2, 0.25) is 0 Å². The molecule has 0 bridgehead atoms. The predicted octanol–water partition coefficient (Wildman–Crippen LogP) is 3.17. The Morgan fingerprint density at radius 3 is 2.56 bits per heavy atom. The highest BCUT2D eigenvalue weighted by atomic mass is 15.0. The van der Waals surface area contributed by atoms with Gasteiger partial charge < -0.3 is 5.32 Å². The van der Waals surface area contributed by atoms with E-state index in [0.717, 1.165) is 17.7 Å². The van der Waals surface area contributed by atoms with E-state index in [1.165, 1.54) is 0 Å². The van der Waals surface area contributed by atoms with Gasteiger partial charge in [-0.2, -0.15) is 5.26 Å². The van der Waals surface area contributed by atoms with Crippen LogP contribution in [0.4, 0.5) is 5.82 Å². The van der Waals surface area contributed by atoms with Crippen molar-refractivity contribution in [3.8, 4) is 6.07 Å². The van der Waals surface area contributed by atoms with E-state index in [9.17, 15) is 0 Å². The smallest absolute Gasteiger partial charge is 0.144 e. The minimum absolute atomic E-state index is 0.0428. The van der Waals surface area contributed by atoms with Gasteiger partial charge in [0.25, 0.3) is 0 Å². The third kappa shape index (κ3) is 2.73. The average Bonchev–Trinajstić information content (AvgIpc) is 2.16. The first-order valence-electron chi connectivity index (χ1n) is 5.56. The summed E-state index contributed by atoms with van der Waals surface area (Å²) in [7, 11) is 0. The van der Waals surface area contributed by atoms with Gasteiger partial charge in [0.15, 0.2) is 0 Å². The fourth-order valence-corrected chi connectivity index (χ4v) is 1.48. The topological polar surface area (TPSA) is 48.7 Å². The first-order valence-corrected chi connectivity index (χ1v) is 5.56. The van der Waals surface area contributed by atoms with Crippen LogP contribution in [0.3, 0.4) is 0 Å². The molecule has 1 aromatic heterocycles. The molecule has 1 N–H and O–H groups in total. The molecule has 0 aliphatic heterocycles. The normalized spacial score (nSPS) is 11.0. The second-order valence-corrected chi connectivity index (χ2v) is 4.78. The molecule has 0 aliphatic carbocycles. The zero-order chi connectivity index (χ0) is 12.3. The number of nitrogens with one attached hydrogen (secondary N) is 1. The monoisotopic (exact) mass is 217 g/mol. The van der Waals surface area contributed by atoms with Crippen molar-refractivity contribution < 1.29 is 0 Å². The number of aryl methyl sites for hydroxylation is 2. The maximum absolute atomic E-state index is 9.13. The molecule has 3 heteroatoms. The first-order chi connectivity index (χ1) is 7.39. The molecule has 0 aliphatic rings. The van der Waals surface area contributed by atoms with Gasteiger partial charge in [-0.05, 0) is 45.7 Å². The van der Waals surface area contributed by atoms with Gasteiger partial charge in [-0.25, -0.2) is 4.98 Å². The Bertz CT molecular complexity index is 428. The molecule has 0 fully saturated rings. The molecule has 0 atom stereocenters. The van der Waals surface area contributed by atoms with Gasteiger partial charge in [0, 0.05) is 11.2 Å². The van der Waals surface area contributed by atoms with Crippen LogP contribution in [-0.2, 0) is 0 Å². The summed E-state index contributed by atoms with van der Waals surface area (Å²) in [6.07, 6.45) is 0.979. The van der Waals surface area contributed by atoms with Gasteiger partial charge in [0.1, 0.15) is 11.9 Å². The zero-order valence-corrected chi connectivity index (χ0v) is 10.7. The maximum Gasteiger partial charge on any atom is 0.144 e. The van der Waals surface area contributed by atoms with Crippen LogP contribution in [0.2, 0.25) is 0 Å². The Morgan fingerprint density at radius 2 is 2.06 bits per heavy atom. The number of hydrogen-bond acceptors (Lipinski definition) is 3. The lowest BCUT2D eigenvalue weighted by molar-refractivity contribution is 0.544. The first kappa shape index (κ1) is 12.5. The van der Waals surface area contributed by atoms with Crippen LogP contribution in [0, 0.1) is 25.2 Å². The Morgan fingerprint density at radius 1 is 1.44 bits per heavy atom. The lowest BCUT2D eigenvalue weighted by atomic mass is 10.0. The molecular weight excluding hydrogens is 198 g/mol. The molecule has 0 saturated carbocycles. The van der Waals surface area contributed by atoms with Crippen LogP contribution < -0.4 is 5.32 Å². The van der Waals surface area contributed by atoms with Gasteiger partial charge >= 0.3 is 0 Å². The van der Waals surface area contributed by atoms with Crippen LogP contribution >= 0.6 is 0 Å². The number of aromatic nitrogens is 1. The number of rotatable bonds is 3. The number of nitrogens with zero attached hydrogens (tertiary/aromatic N) is 2. The van der Waals surface area contributed by atoms with E-state index in [2.05, 4.69) is 37.1 Å². The highest BCUT2D eigenvalue weighted by Crippen LogP contribution is 2.22. The minimum Gasteiger partial charge on any atom is -0.364 e. The Kier molecular flexibility index (Phi) is 3.54. The van der Waals surface area contributed by atoms with Crippen molar-refractivity contribution in [2.75, 3.05) is 5.32 Å². The SMILES string of the molecule is CCC(C)(C)Nc1nc(C)cc(C)c1C#N. The molecule has 0 unspecified atom stereocenters. The summed E-state index contributed by atoms with van der Waals surface area (Å²) in [6, 6.07) is 4.15. The number of pyridine rings is 1. The molecule has 0 radical (unpaired) electrons. The van der Waals surface area contributed by atoms with Crippen molar-refractivity contribution in [2.24, 2.45) is 0 Å². The summed E-state index contributed by atoms with van der Waals surface area (Å²) < 4.78 is 0. The maximum atomic E-state index is 9.13. The van der Waals surface area contributed by atoms with E-state index in [4.69, 9.17) is 5.26 Å². The molecular formula is C13H19N3. The molecule has 1 aromatic rings. The van der Waals surface area contributed by atoms with E-state index >= 15 is 0 Å². The van der Waals surface area contributed by atoms with Gasteiger partial charge in [-0.3, -0.25) is 0 Å². The lowest BCUT2D eigenvalue weighted by Crippen LogP contribution is -2.30. The van der Waals surface area contributed by atoms with E-state index < -0.39 is 0 Å². The summed E-state index contributed by atoms with van der Waals surface area (Å²) in [6.45, 7) is 10.2. The minimum atomic E-state index is -0.0428. The van der Waals surface area contributed by atoms with Gasteiger partial charge in [0.05, 0.1) is 5.56 Å². The van der Waals surface area contributed by atoms with Gasteiger partial charge in [-0.1, -0.05) is 6.92 Å². The van der Waals surface area contributed by atoms with E-state index in [0.29, 0.717) is 11.4 Å². The molecule has 0 amide bonds. The molecule has 16 heavy (non-hydrogen) atoms. The number of anilines is 1. The summed E-state index contributed by atoms with van der Waals surface area (Å²) in [5.41, 5.74) is 2.51. The largest absolute Gasteiger partial charge is 0.364 e. The summed E-state index contributed by atoms with van der Waals surface area (Å²) in [5.74, 6) is 0.701. The number of hydrogen-bond donors (Lipinski definition) is 1. The fraction of sp³-hybridized carbons (Fsp3) is 0.538. The Balaban J connectivity index is 3.18. The Hall–Kier alpha value is -1.56. The second-order valence-electron chi connectivity index (χ2n) is 4.78. The highest BCUT2D eigenvalue weighted by Gasteiger charge is 2.18. The summed E-state index contributed by atoms with van der Waals surface area (Å²) >= 11 is 0. The van der Waals surface area contributed by atoms with Crippen LogP contribution in [-0.4, -0.2) is 10.5 Å².